The molecule has 1 atom stereocenters. The van der Waals surface area contributed by atoms with Crippen molar-refractivity contribution in [3.8, 4) is 0 Å². The average molecular weight is 247 g/mol. The van der Waals surface area contributed by atoms with Crippen LogP contribution in [0.4, 0.5) is 0 Å². The Labute approximate surface area is 108 Å². The lowest BCUT2D eigenvalue weighted by Crippen LogP contribution is -2.28. The maximum Gasteiger partial charge on any atom is 0.253 e. The van der Waals surface area contributed by atoms with Crippen LogP contribution in [0.15, 0.2) is 24.3 Å². The highest BCUT2D eigenvalue weighted by Crippen LogP contribution is 2.21. The summed E-state index contributed by atoms with van der Waals surface area (Å²) < 4.78 is 0. The molecule has 2 rings (SSSR count). The van der Waals surface area contributed by atoms with Gasteiger partial charge in [-0.1, -0.05) is 19.1 Å². The van der Waals surface area contributed by atoms with E-state index >= 15 is 0 Å². The standard InChI is InChI=1S/C15H21NO2/c1-2-12-3-5-14(6-4-12)15(18)16-9-7-13(11-16)8-10-17/h3-6,13,17H,2,7-11H2,1H3. The molecule has 1 N–H and O–H groups in total. The van der Waals surface area contributed by atoms with Crippen LogP contribution in [0.3, 0.4) is 0 Å². The fourth-order valence-electron chi connectivity index (χ4n) is 2.50. The second kappa shape index (κ2) is 6.01. The quantitative estimate of drug-likeness (QED) is 0.885. The fourth-order valence-corrected chi connectivity index (χ4v) is 2.50. The molecule has 1 unspecified atom stereocenters. The highest BCUT2D eigenvalue weighted by molar-refractivity contribution is 5.94. The number of hydrogen-bond donors (Lipinski definition) is 1. The predicted molar refractivity (Wildman–Crippen MR) is 71.5 cm³/mol. The lowest BCUT2D eigenvalue weighted by molar-refractivity contribution is 0.0784. The second-order valence-corrected chi connectivity index (χ2v) is 4.97. The van der Waals surface area contributed by atoms with Crippen LogP contribution in [-0.4, -0.2) is 35.6 Å². The highest BCUT2D eigenvalue weighted by atomic mass is 16.3. The van der Waals surface area contributed by atoms with Crippen LogP contribution < -0.4 is 0 Å². The summed E-state index contributed by atoms with van der Waals surface area (Å²) in [4.78, 5) is 14.2. The van der Waals surface area contributed by atoms with E-state index in [4.69, 9.17) is 5.11 Å². The number of hydrogen-bond acceptors (Lipinski definition) is 2. The fraction of sp³-hybridized carbons (Fsp3) is 0.533. The van der Waals surface area contributed by atoms with E-state index in [0.29, 0.717) is 5.92 Å². The summed E-state index contributed by atoms with van der Waals surface area (Å²) in [6.07, 6.45) is 2.81. The molecule has 1 aromatic carbocycles. The zero-order valence-electron chi connectivity index (χ0n) is 10.9. The molecular formula is C15H21NO2. The first-order valence-corrected chi connectivity index (χ1v) is 6.73. The normalized spacial score (nSPS) is 19.2. The number of aliphatic hydroxyl groups excluding tert-OH is 1. The van der Waals surface area contributed by atoms with Crippen molar-refractivity contribution in [2.45, 2.75) is 26.2 Å². The van der Waals surface area contributed by atoms with Gasteiger partial charge in [-0.25, -0.2) is 0 Å². The van der Waals surface area contributed by atoms with Gasteiger partial charge in [-0.05, 0) is 42.9 Å². The van der Waals surface area contributed by atoms with Crippen molar-refractivity contribution in [1.29, 1.82) is 0 Å². The van der Waals surface area contributed by atoms with Crippen molar-refractivity contribution in [2.75, 3.05) is 19.7 Å². The zero-order valence-corrected chi connectivity index (χ0v) is 10.9. The molecule has 1 amide bonds. The van der Waals surface area contributed by atoms with Crippen LogP contribution >= 0.6 is 0 Å². The molecule has 1 aliphatic heterocycles. The number of carbonyl (C=O) groups excluding carboxylic acids is 1. The molecule has 3 heteroatoms. The third-order valence-corrected chi connectivity index (χ3v) is 3.72. The largest absolute Gasteiger partial charge is 0.396 e. The van der Waals surface area contributed by atoms with Gasteiger partial charge in [-0.15, -0.1) is 0 Å². The van der Waals surface area contributed by atoms with Gasteiger partial charge in [0.2, 0.25) is 0 Å². The molecular weight excluding hydrogens is 226 g/mol. The molecule has 1 saturated heterocycles. The number of amides is 1. The highest BCUT2D eigenvalue weighted by Gasteiger charge is 2.26. The molecule has 3 nitrogen and oxygen atoms in total. The third-order valence-electron chi connectivity index (χ3n) is 3.72. The molecule has 0 bridgehead atoms. The van der Waals surface area contributed by atoms with Crippen LogP contribution in [0.2, 0.25) is 0 Å². The SMILES string of the molecule is CCc1ccc(C(=O)N2CCC(CCO)C2)cc1. The molecule has 0 saturated carbocycles. The van der Waals surface area contributed by atoms with E-state index in [9.17, 15) is 4.79 Å². The van der Waals surface area contributed by atoms with Crippen molar-refractivity contribution in [1.82, 2.24) is 4.90 Å². The third kappa shape index (κ3) is 2.91. The number of rotatable bonds is 4. The van der Waals surface area contributed by atoms with Crippen LogP contribution in [0.5, 0.6) is 0 Å². The van der Waals surface area contributed by atoms with Gasteiger partial charge in [-0.2, -0.15) is 0 Å². The molecule has 1 heterocycles. The van der Waals surface area contributed by atoms with Gasteiger partial charge in [0.1, 0.15) is 0 Å². The summed E-state index contributed by atoms with van der Waals surface area (Å²) in [5.41, 5.74) is 2.03. The van der Waals surface area contributed by atoms with E-state index in [1.54, 1.807) is 0 Å². The lowest BCUT2D eigenvalue weighted by atomic mass is 10.1. The van der Waals surface area contributed by atoms with E-state index < -0.39 is 0 Å². The van der Waals surface area contributed by atoms with Gasteiger partial charge in [0, 0.05) is 25.3 Å². The smallest absolute Gasteiger partial charge is 0.253 e. The van der Waals surface area contributed by atoms with Crippen molar-refractivity contribution < 1.29 is 9.90 Å². The minimum Gasteiger partial charge on any atom is -0.396 e. The van der Waals surface area contributed by atoms with E-state index in [0.717, 1.165) is 37.9 Å². The summed E-state index contributed by atoms with van der Waals surface area (Å²) in [6, 6.07) is 7.88. The molecule has 1 fully saturated rings. The Morgan fingerprint density at radius 2 is 2.11 bits per heavy atom. The first-order chi connectivity index (χ1) is 8.74. The van der Waals surface area contributed by atoms with Crippen LogP contribution in [-0.2, 0) is 6.42 Å². The maximum atomic E-state index is 12.3. The molecule has 0 aromatic heterocycles. The van der Waals surface area contributed by atoms with E-state index in [-0.39, 0.29) is 12.5 Å². The Morgan fingerprint density at radius 3 is 2.72 bits per heavy atom. The predicted octanol–water partition coefficient (Wildman–Crippen LogP) is 2.09. The average Bonchev–Trinajstić information content (AvgIpc) is 2.87. The second-order valence-electron chi connectivity index (χ2n) is 4.97. The number of aryl methyl sites for hydroxylation is 1. The summed E-state index contributed by atoms with van der Waals surface area (Å²) in [7, 11) is 0. The molecule has 0 radical (unpaired) electrons. The number of nitrogens with zero attached hydrogens (tertiary/aromatic N) is 1. The van der Waals surface area contributed by atoms with Gasteiger partial charge < -0.3 is 10.0 Å². The molecule has 0 spiro atoms. The van der Waals surface area contributed by atoms with Gasteiger partial charge >= 0.3 is 0 Å². The Hall–Kier alpha value is -1.35. The monoisotopic (exact) mass is 247 g/mol. The van der Waals surface area contributed by atoms with Gasteiger partial charge in [0.15, 0.2) is 0 Å². The summed E-state index contributed by atoms with van der Waals surface area (Å²) >= 11 is 0. The molecule has 18 heavy (non-hydrogen) atoms. The zero-order chi connectivity index (χ0) is 13.0. The molecule has 1 aliphatic rings. The summed E-state index contributed by atoms with van der Waals surface area (Å²) in [5, 5.41) is 8.92. The minimum absolute atomic E-state index is 0.123. The number of carbonyl (C=O) groups is 1. The van der Waals surface area contributed by atoms with Crippen molar-refractivity contribution >= 4 is 5.91 Å². The van der Waals surface area contributed by atoms with Crippen LogP contribution in [0.25, 0.3) is 0 Å². The van der Waals surface area contributed by atoms with E-state index in [2.05, 4.69) is 6.92 Å². The Morgan fingerprint density at radius 1 is 1.39 bits per heavy atom. The minimum atomic E-state index is 0.123. The first kappa shape index (κ1) is 13.1. The molecule has 98 valence electrons. The van der Waals surface area contributed by atoms with Crippen LogP contribution in [0.1, 0.15) is 35.7 Å². The van der Waals surface area contributed by atoms with Gasteiger partial charge in [0.25, 0.3) is 5.91 Å². The molecule has 1 aromatic rings. The topological polar surface area (TPSA) is 40.5 Å². The van der Waals surface area contributed by atoms with Gasteiger partial charge in [-0.3, -0.25) is 4.79 Å². The van der Waals surface area contributed by atoms with Gasteiger partial charge in [0.05, 0.1) is 0 Å². The summed E-state index contributed by atoms with van der Waals surface area (Å²) in [5.74, 6) is 0.590. The lowest BCUT2D eigenvalue weighted by Gasteiger charge is -2.16. The van der Waals surface area contributed by atoms with Crippen LogP contribution in [0, 0.1) is 5.92 Å². The number of aliphatic hydroxyl groups is 1. The van der Waals surface area contributed by atoms with E-state index in [1.807, 2.05) is 29.2 Å². The Balaban J connectivity index is 1.98. The maximum absolute atomic E-state index is 12.3. The van der Waals surface area contributed by atoms with E-state index in [1.165, 1.54) is 5.56 Å². The number of benzene rings is 1. The summed E-state index contributed by atoms with van der Waals surface area (Å²) in [6.45, 7) is 3.93. The van der Waals surface area contributed by atoms with Crippen molar-refractivity contribution in [2.24, 2.45) is 5.92 Å². The first-order valence-electron chi connectivity index (χ1n) is 6.73. The Kier molecular flexibility index (Phi) is 4.37. The molecule has 0 aliphatic carbocycles. The van der Waals surface area contributed by atoms with Crippen molar-refractivity contribution in [3.63, 3.8) is 0 Å². The Bertz CT molecular complexity index is 399. The number of likely N-dealkylation sites (tertiary alicyclic amines) is 1. The van der Waals surface area contributed by atoms with Crippen molar-refractivity contribution in [3.05, 3.63) is 35.4 Å².